The molecule has 1 heteroatoms. The van der Waals surface area contributed by atoms with Crippen LogP contribution in [0.25, 0.3) is 0 Å². The Balaban J connectivity index is 3.68. The van der Waals surface area contributed by atoms with Crippen molar-refractivity contribution in [2.24, 2.45) is 0 Å². The van der Waals surface area contributed by atoms with Gasteiger partial charge in [-0.05, 0) is 33.6 Å². The first kappa shape index (κ1) is 10.4. The van der Waals surface area contributed by atoms with Gasteiger partial charge in [0, 0.05) is 6.61 Å². The summed E-state index contributed by atoms with van der Waals surface area (Å²) in [5.74, 6) is 0. The van der Waals surface area contributed by atoms with E-state index in [1.54, 1.807) is 0 Å². The molecule has 0 unspecified atom stereocenters. The van der Waals surface area contributed by atoms with Crippen LogP contribution in [0.3, 0.4) is 0 Å². The Morgan fingerprint density at radius 2 is 1.82 bits per heavy atom. The molecule has 0 spiro atoms. The van der Waals surface area contributed by atoms with E-state index in [2.05, 4.69) is 32.9 Å². The van der Waals surface area contributed by atoms with Gasteiger partial charge in [-0.25, -0.2) is 0 Å². The molecule has 1 nitrogen and oxygen atoms in total. The van der Waals surface area contributed by atoms with Gasteiger partial charge < -0.3 is 5.11 Å². The van der Waals surface area contributed by atoms with E-state index >= 15 is 0 Å². The van der Waals surface area contributed by atoms with Gasteiger partial charge in [0.15, 0.2) is 0 Å². The maximum atomic E-state index is 8.53. The standard InChI is InChI=1S/C10H18O/c1-9(2)6-7-10(3)5-4-8-11/h5-6,11H,4,7-8H2,1-3H3/b10-5+. The van der Waals surface area contributed by atoms with Crippen molar-refractivity contribution in [3.63, 3.8) is 0 Å². The minimum atomic E-state index is 0.256. The molecular formula is C10H18O. The Hall–Kier alpha value is -0.560. The highest BCUT2D eigenvalue weighted by molar-refractivity contribution is 5.07. The normalized spacial score (nSPS) is 11.5. The third-order valence-electron chi connectivity index (χ3n) is 1.45. The maximum Gasteiger partial charge on any atom is 0.0465 e. The molecule has 0 rings (SSSR count). The predicted octanol–water partition coefficient (Wildman–Crippen LogP) is 2.67. The molecule has 11 heavy (non-hydrogen) atoms. The van der Waals surface area contributed by atoms with Crippen molar-refractivity contribution in [1.29, 1.82) is 0 Å². The molecule has 0 aliphatic rings. The van der Waals surface area contributed by atoms with Crippen molar-refractivity contribution < 1.29 is 5.11 Å². The fourth-order valence-electron chi connectivity index (χ4n) is 0.759. The molecule has 0 radical (unpaired) electrons. The summed E-state index contributed by atoms with van der Waals surface area (Å²) in [6.45, 7) is 6.54. The van der Waals surface area contributed by atoms with Crippen LogP contribution in [-0.2, 0) is 0 Å². The summed E-state index contributed by atoms with van der Waals surface area (Å²) in [5, 5.41) is 8.53. The van der Waals surface area contributed by atoms with Gasteiger partial charge in [-0.3, -0.25) is 0 Å². The summed E-state index contributed by atoms with van der Waals surface area (Å²) < 4.78 is 0. The summed E-state index contributed by atoms with van der Waals surface area (Å²) in [4.78, 5) is 0. The lowest BCUT2D eigenvalue weighted by Crippen LogP contribution is -1.80. The molecule has 0 atom stereocenters. The quantitative estimate of drug-likeness (QED) is 0.617. The fourth-order valence-corrected chi connectivity index (χ4v) is 0.759. The first-order valence-electron chi connectivity index (χ1n) is 4.06. The highest BCUT2D eigenvalue weighted by Crippen LogP contribution is 2.04. The fraction of sp³-hybridized carbons (Fsp3) is 0.600. The molecule has 0 aromatic carbocycles. The number of rotatable bonds is 4. The minimum Gasteiger partial charge on any atom is -0.396 e. The molecule has 0 heterocycles. The van der Waals surface area contributed by atoms with Gasteiger partial charge >= 0.3 is 0 Å². The van der Waals surface area contributed by atoms with Crippen molar-refractivity contribution in [2.45, 2.75) is 33.6 Å². The molecule has 0 bridgehead atoms. The van der Waals surface area contributed by atoms with Gasteiger partial charge in [0.25, 0.3) is 0 Å². The Kier molecular flexibility index (Phi) is 5.86. The Morgan fingerprint density at radius 1 is 1.18 bits per heavy atom. The van der Waals surface area contributed by atoms with Crippen LogP contribution >= 0.6 is 0 Å². The summed E-state index contributed by atoms with van der Waals surface area (Å²) >= 11 is 0. The molecule has 0 aromatic heterocycles. The lowest BCUT2D eigenvalue weighted by atomic mass is 10.1. The Morgan fingerprint density at radius 3 is 2.27 bits per heavy atom. The van der Waals surface area contributed by atoms with Crippen LogP contribution in [0.15, 0.2) is 23.3 Å². The van der Waals surface area contributed by atoms with Crippen LogP contribution in [0.1, 0.15) is 33.6 Å². The van der Waals surface area contributed by atoms with Crippen LogP contribution in [0.5, 0.6) is 0 Å². The zero-order chi connectivity index (χ0) is 8.69. The zero-order valence-corrected chi connectivity index (χ0v) is 7.72. The first-order valence-corrected chi connectivity index (χ1v) is 4.06. The second-order valence-electron chi connectivity index (χ2n) is 3.05. The summed E-state index contributed by atoms with van der Waals surface area (Å²) in [7, 11) is 0. The second kappa shape index (κ2) is 6.17. The van der Waals surface area contributed by atoms with E-state index in [-0.39, 0.29) is 6.61 Å². The lowest BCUT2D eigenvalue weighted by molar-refractivity contribution is 0.302. The molecule has 0 aliphatic heterocycles. The van der Waals surface area contributed by atoms with E-state index in [9.17, 15) is 0 Å². The average Bonchev–Trinajstić information content (AvgIpc) is 1.97. The first-order chi connectivity index (χ1) is 5.16. The third-order valence-corrected chi connectivity index (χ3v) is 1.45. The summed E-state index contributed by atoms with van der Waals surface area (Å²) in [6.07, 6.45) is 6.08. The largest absolute Gasteiger partial charge is 0.396 e. The van der Waals surface area contributed by atoms with Crippen LogP contribution in [0.2, 0.25) is 0 Å². The molecule has 0 aliphatic carbocycles. The molecule has 0 amide bonds. The van der Waals surface area contributed by atoms with Crippen LogP contribution in [0.4, 0.5) is 0 Å². The molecule has 0 saturated heterocycles. The number of aliphatic hydroxyl groups is 1. The number of allylic oxidation sites excluding steroid dienone is 3. The van der Waals surface area contributed by atoms with E-state index in [0.29, 0.717) is 0 Å². The maximum absolute atomic E-state index is 8.53. The van der Waals surface area contributed by atoms with Crippen LogP contribution in [0, 0.1) is 0 Å². The highest BCUT2D eigenvalue weighted by Gasteiger charge is 1.85. The van der Waals surface area contributed by atoms with Crippen LogP contribution in [-0.4, -0.2) is 11.7 Å². The molecule has 0 saturated carbocycles. The van der Waals surface area contributed by atoms with Crippen molar-refractivity contribution in [1.82, 2.24) is 0 Å². The lowest BCUT2D eigenvalue weighted by Gasteiger charge is -1.95. The Bertz CT molecular complexity index is 150. The molecular weight excluding hydrogens is 136 g/mol. The Labute approximate surface area is 69.4 Å². The van der Waals surface area contributed by atoms with Gasteiger partial charge in [0.05, 0.1) is 0 Å². The van der Waals surface area contributed by atoms with E-state index in [0.717, 1.165) is 12.8 Å². The van der Waals surface area contributed by atoms with Crippen LogP contribution < -0.4 is 0 Å². The molecule has 0 fully saturated rings. The number of aliphatic hydroxyl groups excluding tert-OH is 1. The van der Waals surface area contributed by atoms with Gasteiger partial charge in [-0.2, -0.15) is 0 Å². The molecule has 0 aromatic rings. The monoisotopic (exact) mass is 154 g/mol. The average molecular weight is 154 g/mol. The zero-order valence-electron chi connectivity index (χ0n) is 7.72. The van der Waals surface area contributed by atoms with Gasteiger partial charge in [-0.1, -0.05) is 23.3 Å². The number of hydrogen-bond acceptors (Lipinski definition) is 1. The van der Waals surface area contributed by atoms with Gasteiger partial charge in [-0.15, -0.1) is 0 Å². The van der Waals surface area contributed by atoms with Crippen molar-refractivity contribution >= 4 is 0 Å². The topological polar surface area (TPSA) is 20.2 Å². The second-order valence-corrected chi connectivity index (χ2v) is 3.05. The van der Waals surface area contributed by atoms with Crippen molar-refractivity contribution in [3.8, 4) is 0 Å². The van der Waals surface area contributed by atoms with E-state index in [4.69, 9.17) is 5.11 Å². The smallest absolute Gasteiger partial charge is 0.0465 e. The van der Waals surface area contributed by atoms with Gasteiger partial charge in [0.2, 0.25) is 0 Å². The minimum absolute atomic E-state index is 0.256. The predicted molar refractivity (Wildman–Crippen MR) is 49.5 cm³/mol. The summed E-state index contributed by atoms with van der Waals surface area (Å²) in [6, 6.07) is 0. The van der Waals surface area contributed by atoms with E-state index < -0.39 is 0 Å². The molecule has 64 valence electrons. The van der Waals surface area contributed by atoms with E-state index in [1.807, 2.05) is 0 Å². The van der Waals surface area contributed by atoms with Gasteiger partial charge in [0.1, 0.15) is 0 Å². The highest BCUT2D eigenvalue weighted by atomic mass is 16.2. The number of hydrogen-bond donors (Lipinski definition) is 1. The SMILES string of the molecule is CC(C)=CC/C(C)=C/CCO. The van der Waals surface area contributed by atoms with Crippen molar-refractivity contribution in [3.05, 3.63) is 23.3 Å². The van der Waals surface area contributed by atoms with E-state index in [1.165, 1.54) is 11.1 Å². The molecule has 1 N–H and O–H groups in total. The summed E-state index contributed by atoms with van der Waals surface area (Å²) in [5.41, 5.74) is 2.68. The third kappa shape index (κ3) is 7.34. The van der Waals surface area contributed by atoms with Crippen molar-refractivity contribution in [2.75, 3.05) is 6.61 Å².